The van der Waals surface area contributed by atoms with Gasteiger partial charge in [0.25, 0.3) is 0 Å². The molecule has 0 atom stereocenters. The van der Waals surface area contributed by atoms with Crippen molar-refractivity contribution in [2.24, 2.45) is 0 Å². The summed E-state index contributed by atoms with van der Waals surface area (Å²) in [4.78, 5) is 25.6. The van der Waals surface area contributed by atoms with Crippen molar-refractivity contribution in [3.05, 3.63) is 53.7 Å². The molecule has 7 nitrogen and oxygen atoms in total. The molecule has 0 saturated heterocycles. The topological polar surface area (TPSA) is 92.6 Å². The summed E-state index contributed by atoms with van der Waals surface area (Å²) in [6, 6.07) is 10.5. The van der Waals surface area contributed by atoms with Gasteiger partial charge in [0.1, 0.15) is 12.2 Å². The maximum Gasteiger partial charge on any atom is 0.416 e. The number of anilines is 1. The number of nitrogens with zero attached hydrogens (tertiary/aromatic N) is 3. The van der Waals surface area contributed by atoms with Crippen LogP contribution in [-0.4, -0.2) is 33.4 Å². The molecule has 0 spiro atoms. The van der Waals surface area contributed by atoms with Crippen molar-refractivity contribution >= 4 is 17.9 Å². The van der Waals surface area contributed by atoms with Gasteiger partial charge in [0.15, 0.2) is 5.82 Å². The standard InChI is InChI=1S/C18H19N3O4/c22-17(23)15-10-11-19-20-16(15)21(14-8-4-5-9-14)18(24)25-12-13-6-2-1-3-7-13/h1-3,6-7,10-11,14H,4-5,8-9,12H2,(H,22,23). The Balaban J connectivity index is 1.85. The number of ether oxygens (including phenoxy) is 1. The molecular weight excluding hydrogens is 322 g/mol. The summed E-state index contributed by atoms with van der Waals surface area (Å²) in [6.45, 7) is 0.117. The average Bonchev–Trinajstić information content (AvgIpc) is 3.15. The van der Waals surface area contributed by atoms with Crippen molar-refractivity contribution < 1.29 is 19.4 Å². The average molecular weight is 341 g/mol. The van der Waals surface area contributed by atoms with E-state index in [1.807, 2.05) is 30.3 Å². The van der Waals surface area contributed by atoms with Gasteiger partial charge >= 0.3 is 12.1 Å². The van der Waals surface area contributed by atoms with Crippen molar-refractivity contribution in [1.29, 1.82) is 0 Å². The summed E-state index contributed by atoms with van der Waals surface area (Å²) >= 11 is 0. The number of hydrogen-bond acceptors (Lipinski definition) is 5. The summed E-state index contributed by atoms with van der Waals surface area (Å²) in [5.41, 5.74) is 0.804. The van der Waals surface area contributed by atoms with E-state index in [1.54, 1.807) is 0 Å². The minimum absolute atomic E-state index is 0.0416. The second-order valence-electron chi connectivity index (χ2n) is 5.92. The molecule has 1 amide bonds. The first-order valence-corrected chi connectivity index (χ1v) is 8.21. The lowest BCUT2D eigenvalue weighted by Crippen LogP contribution is -2.41. The zero-order valence-electron chi connectivity index (χ0n) is 13.7. The number of carboxylic acid groups (broad SMARTS) is 1. The summed E-state index contributed by atoms with van der Waals surface area (Å²) in [5.74, 6) is -1.11. The number of aromatic nitrogens is 2. The Morgan fingerprint density at radius 1 is 1.16 bits per heavy atom. The molecule has 1 aliphatic rings. The smallest absolute Gasteiger partial charge is 0.416 e. The van der Waals surface area contributed by atoms with Crippen LogP contribution >= 0.6 is 0 Å². The van der Waals surface area contributed by atoms with Gasteiger partial charge in [-0.3, -0.25) is 4.90 Å². The molecule has 0 aliphatic heterocycles. The van der Waals surface area contributed by atoms with Crippen LogP contribution in [0.25, 0.3) is 0 Å². The molecular formula is C18H19N3O4. The molecule has 3 rings (SSSR count). The van der Waals surface area contributed by atoms with Gasteiger partial charge in [-0.25, -0.2) is 9.59 Å². The molecule has 0 radical (unpaired) electrons. The number of aromatic carboxylic acids is 1. The Hall–Kier alpha value is -2.96. The molecule has 1 saturated carbocycles. The zero-order chi connectivity index (χ0) is 17.6. The van der Waals surface area contributed by atoms with Crippen LogP contribution < -0.4 is 4.90 Å². The number of amides is 1. The zero-order valence-corrected chi connectivity index (χ0v) is 13.7. The number of carbonyl (C=O) groups excluding carboxylic acids is 1. The molecule has 1 fully saturated rings. The third kappa shape index (κ3) is 3.93. The summed E-state index contributed by atoms with van der Waals surface area (Å²) < 4.78 is 5.42. The second-order valence-corrected chi connectivity index (χ2v) is 5.92. The van der Waals surface area contributed by atoms with Gasteiger partial charge in [0.05, 0.1) is 6.20 Å². The van der Waals surface area contributed by atoms with Crippen molar-refractivity contribution in [3.8, 4) is 0 Å². The SMILES string of the molecule is O=C(O)c1ccnnc1N(C(=O)OCc1ccccc1)C1CCCC1. The minimum atomic E-state index is -1.15. The van der Waals surface area contributed by atoms with Gasteiger partial charge < -0.3 is 9.84 Å². The molecule has 1 heterocycles. The Kier molecular flexibility index (Phi) is 5.23. The predicted molar refractivity (Wildman–Crippen MR) is 90.4 cm³/mol. The molecule has 0 unspecified atom stereocenters. The highest BCUT2D eigenvalue weighted by atomic mass is 16.6. The quantitative estimate of drug-likeness (QED) is 0.897. The number of benzene rings is 1. The lowest BCUT2D eigenvalue weighted by atomic mass is 10.2. The fourth-order valence-electron chi connectivity index (χ4n) is 3.03. The van der Waals surface area contributed by atoms with Crippen LogP contribution in [0, 0.1) is 0 Å². The fourth-order valence-corrected chi connectivity index (χ4v) is 3.03. The normalized spacial score (nSPS) is 14.2. The lowest BCUT2D eigenvalue weighted by molar-refractivity contribution is 0.0697. The Morgan fingerprint density at radius 2 is 1.88 bits per heavy atom. The number of carboxylic acids is 1. The third-order valence-electron chi connectivity index (χ3n) is 4.25. The summed E-state index contributed by atoms with van der Waals surface area (Å²) in [5, 5.41) is 17.1. The van der Waals surface area contributed by atoms with Crippen LogP contribution in [-0.2, 0) is 11.3 Å². The van der Waals surface area contributed by atoms with Gasteiger partial charge in [-0.15, -0.1) is 5.10 Å². The molecule has 130 valence electrons. The molecule has 1 aromatic carbocycles. The van der Waals surface area contributed by atoms with E-state index in [2.05, 4.69) is 10.2 Å². The first-order chi connectivity index (χ1) is 12.2. The van der Waals surface area contributed by atoms with E-state index < -0.39 is 12.1 Å². The van der Waals surface area contributed by atoms with E-state index in [4.69, 9.17) is 4.74 Å². The van der Waals surface area contributed by atoms with E-state index in [1.165, 1.54) is 17.2 Å². The van der Waals surface area contributed by atoms with Crippen LogP contribution in [0.5, 0.6) is 0 Å². The van der Waals surface area contributed by atoms with Crippen LogP contribution in [0.15, 0.2) is 42.6 Å². The molecule has 1 aliphatic carbocycles. The maximum absolute atomic E-state index is 12.7. The van der Waals surface area contributed by atoms with Crippen LogP contribution in [0.4, 0.5) is 10.6 Å². The Labute approximate surface area is 145 Å². The van der Waals surface area contributed by atoms with Crippen molar-refractivity contribution in [2.45, 2.75) is 38.3 Å². The number of rotatable bonds is 5. The van der Waals surface area contributed by atoms with Crippen LogP contribution in [0.2, 0.25) is 0 Å². The third-order valence-corrected chi connectivity index (χ3v) is 4.25. The fraction of sp³-hybridized carbons (Fsp3) is 0.333. The molecule has 1 aromatic heterocycles. The monoisotopic (exact) mass is 341 g/mol. The minimum Gasteiger partial charge on any atom is -0.478 e. The largest absolute Gasteiger partial charge is 0.478 e. The molecule has 0 bridgehead atoms. The Bertz CT molecular complexity index is 745. The van der Waals surface area contributed by atoms with Gasteiger partial charge in [0, 0.05) is 6.04 Å². The molecule has 25 heavy (non-hydrogen) atoms. The highest BCUT2D eigenvalue weighted by Gasteiger charge is 2.33. The van der Waals surface area contributed by atoms with Crippen molar-refractivity contribution in [1.82, 2.24) is 10.2 Å². The molecule has 2 aromatic rings. The van der Waals surface area contributed by atoms with Gasteiger partial charge in [-0.1, -0.05) is 43.2 Å². The van der Waals surface area contributed by atoms with E-state index in [0.29, 0.717) is 0 Å². The predicted octanol–water partition coefficient (Wildman–Crippen LogP) is 3.26. The van der Waals surface area contributed by atoms with Gasteiger partial charge in [-0.2, -0.15) is 5.10 Å². The number of hydrogen-bond donors (Lipinski definition) is 1. The first kappa shape index (κ1) is 16.9. The lowest BCUT2D eigenvalue weighted by Gasteiger charge is -2.27. The van der Waals surface area contributed by atoms with Crippen LogP contribution in [0.3, 0.4) is 0 Å². The highest BCUT2D eigenvalue weighted by Crippen LogP contribution is 2.29. The number of carbonyl (C=O) groups is 2. The van der Waals surface area contributed by atoms with Crippen molar-refractivity contribution in [2.75, 3.05) is 4.90 Å². The van der Waals surface area contributed by atoms with E-state index >= 15 is 0 Å². The highest BCUT2D eigenvalue weighted by molar-refractivity contribution is 5.98. The first-order valence-electron chi connectivity index (χ1n) is 8.21. The van der Waals surface area contributed by atoms with E-state index in [9.17, 15) is 14.7 Å². The van der Waals surface area contributed by atoms with Gasteiger partial charge in [-0.05, 0) is 24.5 Å². The van der Waals surface area contributed by atoms with E-state index in [0.717, 1.165) is 31.2 Å². The second kappa shape index (κ2) is 7.74. The summed E-state index contributed by atoms with van der Waals surface area (Å²) in [6.07, 6.45) is 4.24. The van der Waals surface area contributed by atoms with Gasteiger partial charge in [0.2, 0.25) is 0 Å². The molecule has 1 N–H and O–H groups in total. The summed E-state index contributed by atoms with van der Waals surface area (Å²) in [7, 11) is 0. The van der Waals surface area contributed by atoms with Crippen molar-refractivity contribution in [3.63, 3.8) is 0 Å². The van der Waals surface area contributed by atoms with E-state index in [-0.39, 0.29) is 24.0 Å². The molecule has 7 heteroatoms. The maximum atomic E-state index is 12.7. The van der Waals surface area contributed by atoms with Crippen LogP contribution in [0.1, 0.15) is 41.6 Å². The Morgan fingerprint density at radius 3 is 2.56 bits per heavy atom.